The van der Waals surface area contributed by atoms with Crippen molar-refractivity contribution in [2.75, 3.05) is 0 Å². The fourth-order valence-corrected chi connectivity index (χ4v) is 0.922. The molecule has 0 radical (unpaired) electrons. The van der Waals surface area contributed by atoms with E-state index >= 15 is 0 Å². The van der Waals surface area contributed by atoms with E-state index in [1.54, 1.807) is 6.07 Å². The molecule has 70 valence electrons. The Balaban J connectivity index is 0.000000251. The molecular formula is C7H6BF3O2. The summed E-state index contributed by atoms with van der Waals surface area (Å²) in [5.41, 5.74) is 0.930. The molecule has 2 rings (SSSR count). The van der Waals surface area contributed by atoms with Gasteiger partial charge in [-0.05, 0) is 29.3 Å². The highest BCUT2D eigenvalue weighted by Gasteiger charge is 2.34. The lowest BCUT2D eigenvalue weighted by Gasteiger charge is -2.00. The molecule has 0 saturated heterocycles. The van der Waals surface area contributed by atoms with Crippen molar-refractivity contribution >= 4 is 7.69 Å². The van der Waals surface area contributed by atoms with E-state index in [-0.39, 0.29) is 0 Å². The van der Waals surface area contributed by atoms with Crippen molar-refractivity contribution in [2.45, 2.75) is 6.18 Å². The van der Waals surface area contributed by atoms with Crippen molar-refractivity contribution in [1.82, 2.24) is 0 Å². The molecule has 0 saturated carbocycles. The van der Waals surface area contributed by atoms with Crippen molar-refractivity contribution in [1.29, 1.82) is 0 Å². The fourth-order valence-electron chi connectivity index (χ4n) is 0.922. The van der Waals surface area contributed by atoms with E-state index < -0.39 is 19.4 Å². The average Bonchev–Trinajstić information content (AvgIpc) is 2.58. The predicted octanol–water partition coefficient (Wildman–Crippen LogP) is 0.923. The standard InChI is InChI=1S/C7H3F3.BH3O2/c8-7(9,10)6-2-4-1-5(4)3-6;2-1-3/h1-3H;1-3H. The summed E-state index contributed by atoms with van der Waals surface area (Å²) in [5.74, 6) is 0. The van der Waals surface area contributed by atoms with Gasteiger partial charge in [0.2, 0.25) is 0 Å². The molecular weight excluding hydrogens is 184 g/mol. The minimum absolute atomic E-state index is 0.528. The lowest BCUT2D eigenvalue weighted by atomic mass is 10.3. The fraction of sp³-hybridized carbons (Fsp3) is 0.143. The molecule has 0 fully saturated rings. The van der Waals surface area contributed by atoms with Crippen LogP contribution in [0.15, 0.2) is 18.2 Å². The van der Waals surface area contributed by atoms with Gasteiger partial charge in [0.1, 0.15) is 0 Å². The highest BCUT2D eigenvalue weighted by atomic mass is 19.4. The zero-order valence-electron chi connectivity index (χ0n) is 6.47. The van der Waals surface area contributed by atoms with Crippen LogP contribution in [0.3, 0.4) is 0 Å². The van der Waals surface area contributed by atoms with Gasteiger partial charge >= 0.3 is 13.9 Å². The van der Waals surface area contributed by atoms with Gasteiger partial charge in [-0.15, -0.1) is 0 Å². The van der Waals surface area contributed by atoms with Crippen LogP contribution in [-0.2, 0) is 6.18 Å². The van der Waals surface area contributed by atoms with Gasteiger partial charge in [0.05, 0.1) is 5.56 Å². The maximum absolute atomic E-state index is 11.8. The second-order valence-electron chi connectivity index (χ2n) is 2.44. The van der Waals surface area contributed by atoms with Gasteiger partial charge in [0.25, 0.3) is 0 Å². The Hall–Kier alpha value is -1.01. The first-order valence-electron chi connectivity index (χ1n) is 3.43. The van der Waals surface area contributed by atoms with Gasteiger partial charge in [-0.1, -0.05) is 0 Å². The van der Waals surface area contributed by atoms with E-state index in [9.17, 15) is 13.2 Å². The van der Waals surface area contributed by atoms with Crippen LogP contribution < -0.4 is 0 Å². The Morgan fingerprint density at radius 1 is 1.00 bits per heavy atom. The molecule has 0 spiro atoms. The zero-order chi connectivity index (χ0) is 10.1. The molecule has 0 bridgehead atoms. The Labute approximate surface area is 72.9 Å². The van der Waals surface area contributed by atoms with Crippen molar-refractivity contribution in [3.8, 4) is 11.1 Å². The maximum Gasteiger partial charge on any atom is 0.432 e. The van der Waals surface area contributed by atoms with Gasteiger partial charge < -0.3 is 10.0 Å². The summed E-state index contributed by atoms with van der Waals surface area (Å²) in [6.07, 6.45) is -4.17. The van der Waals surface area contributed by atoms with Crippen LogP contribution in [-0.4, -0.2) is 17.7 Å². The largest absolute Gasteiger partial charge is 0.432 e. The summed E-state index contributed by atoms with van der Waals surface area (Å²) >= 11 is 0. The number of fused-ring (bicyclic) bond motifs is 1. The van der Waals surface area contributed by atoms with Gasteiger partial charge in [-0.3, -0.25) is 0 Å². The lowest BCUT2D eigenvalue weighted by molar-refractivity contribution is -0.137. The van der Waals surface area contributed by atoms with E-state index in [1.165, 1.54) is 0 Å². The molecule has 13 heavy (non-hydrogen) atoms. The van der Waals surface area contributed by atoms with E-state index in [4.69, 9.17) is 10.0 Å². The molecule has 0 aromatic heterocycles. The summed E-state index contributed by atoms with van der Waals surface area (Å²) < 4.78 is 35.4. The predicted molar refractivity (Wildman–Crippen MR) is 42.0 cm³/mol. The first kappa shape index (κ1) is 10.1. The highest BCUT2D eigenvalue weighted by molar-refractivity contribution is 6.13. The molecule has 2 N–H and O–H groups in total. The number of benzene rings is 1. The van der Waals surface area contributed by atoms with E-state index in [0.717, 1.165) is 23.3 Å². The normalized spacial score (nSPS) is 11.5. The first-order valence-corrected chi connectivity index (χ1v) is 3.43. The van der Waals surface area contributed by atoms with Crippen LogP contribution >= 0.6 is 0 Å². The molecule has 2 aliphatic carbocycles. The molecule has 0 aromatic rings. The molecule has 6 heteroatoms. The van der Waals surface area contributed by atoms with Gasteiger partial charge in [0, 0.05) is 0 Å². The lowest BCUT2D eigenvalue weighted by Crippen LogP contribution is -2.01. The van der Waals surface area contributed by atoms with Gasteiger partial charge in [-0.2, -0.15) is 13.2 Å². The maximum atomic E-state index is 11.8. The second kappa shape index (κ2) is 3.39. The summed E-state index contributed by atoms with van der Waals surface area (Å²) in [6.45, 7) is 0. The van der Waals surface area contributed by atoms with Crippen LogP contribution in [0, 0.1) is 0 Å². The number of rotatable bonds is 0. The topological polar surface area (TPSA) is 40.5 Å². The Bertz CT molecular complexity index is 291. The molecule has 0 heterocycles. The van der Waals surface area contributed by atoms with Crippen molar-refractivity contribution in [3.05, 3.63) is 23.8 Å². The number of halogens is 3. The van der Waals surface area contributed by atoms with Crippen LogP contribution in [0.2, 0.25) is 0 Å². The minimum Gasteiger partial charge on any atom is -0.430 e. The Kier molecular flexibility index (Phi) is 2.63. The summed E-state index contributed by atoms with van der Waals surface area (Å²) in [4.78, 5) is 0. The quantitative estimate of drug-likeness (QED) is 0.606. The van der Waals surface area contributed by atoms with Crippen LogP contribution in [0.1, 0.15) is 5.56 Å². The SMILES string of the molecule is FC(F)(F)c1cc2cc-2c1.OBO. The summed E-state index contributed by atoms with van der Waals surface area (Å²) in [5, 5.41) is 14.2. The molecule has 0 amide bonds. The van der Waals surface area contributed by atoms with Crippen molar-refractivity contribution in [3.63, 3.8) is 0 Å². The van der Waals surface area contributed by atoms with Crippen LogP contribution in [0.25, 0.3) is 11.1 Å². The molecule has 2 nitrogen and oxygen atoms in total. The number of hydrogen-bond donors (Lipinski definition) is 2. The number of alkyl halides is 3. The average molecular weight is 190 g/mol. The van der Waals surface area contributed by atoms with Gasteiger partial charge in [-0.25, -0.2) is 0 Å². The zero-order valence-corrected chi connectivity index (χ0v) is 6.47. The smallest absolute Gasteiger partial charge is 0.430 e. The highest BCUT2D eigenvalue weighted by Crippen LogP contribution is 2.42. The third-order valence-corrected chi connectivity index (χ3v) is 1.51. The molecule has 0 aliphatic heterocycles. The minimum atomic E-state index is -4.17. The van der Waals surface area contributed by atoms with E-state index in [2.05, 4.69) is 0 Å². The van der Waals surface area contributed by atoms with Gasteiger partial charge in [0.15, 0.2) is 0 Å². The molecule has 0 aromatic carbocycles. The van der Waals surface area contributed by atoms with Crippen LogP contribution in [0.4, 0.5) is 13.2 Å². The van der Waals surface area contributed by atoms with Crippen LogP contribution in [0.5, 0.6) is 0 Å². The third kappa shape index (κ3) is 2.47. The summed E-state index contributed by atoms with van der Waals surface area (Å²) in [7, 11) is -0.750. The molecule has 2 aliphatic rings. The Morgan fingerprint density at radius 2 is 1.38 bits per heavy atom. The summed E-state index contributed by atoms with van der Waals surface area (Å²) in [6, 6.07) is 4.04. The van der Waals surface area contributed by atoms with Crippen molar-refractivity contribution in [2.24, 2.45) is 0 Å². The molecule has 0 unspecified atom stereocenters. The Morgan fingerprint density at radius 3 is 1.62 bits per heavy atom. The third-order valence-electron chi connectivity index (χ3n) is 1.51. The second-order valence-corrected chi connectivity index (χ2v) is 2.44. The van der Waals surface area contributed by atoms with Crippen molar-refractivity contribution < 1.29 is 23.2 Å². The number of hydrogen-bond acceptors (Lipinski definition) is 2. The monoisotopic (exact) mass is 190 g/mol. The molecule has 0 atom stereocenters. The van der Waals surface area contributed by atoms with E-state index in [0.29, 0.717) is 0 Å². The van der Waals surface area contributed by atoms with E-state index in [1.807, 2.05) is 0 Å². The first-order chi connectivity index (χ1) is 5.99.